The minimum atomic E-state index is 0.352. The molecule has 0 aliphatic rings. The van der Waals surface area contributed by atoms with Gasteiger partial charge in [0.1, 0.15) is 12.2 Å². The Morgan fingerprint density at radius 2 is 2.19 bits per heavy atom. The Morgan fingerprint density at radius 3 is 2.90 bits per heavy atom. The van der Waals surface area contributed by atoms with Crippen molar-refractivity contribution in [3.05, 3.63) is 47.0 Å². The van der Waals surface area contributed by atoms with Crippen molar-refractivity contribution in [1.82, 2.24) is 20.1 Å². The second kappa shape index (κ2) is 8.15. The average Bonchev–Trinajstić information content (AvgIpc) is 2.93. The number of aryl methyl sites for hydroxylation is 1. The first kappa shape index (κ1) is 16.0. The molecule has 0 radical (unpaired) electrons. The van der Waals surface area contributed by atoms with E-state index in [2.05, 4.69) is 35.3 Å². The predicted molar refractivity (Wildman–Crippen MR) is 86.8 cm³/mol. The van der Waals surface area contributed by atoms with E-state index in [0.717, 1.165) is 43.3 Å². The Bertz CT molecular complexity index is 553. The molecule has 0 bridgehead atoms. The van der Waals surface area contributed by atoms with Crippen molar-refractivity contribution in [2.45, 2.75) is 39.2 Å². The highest BCUT2D eigenvalue weighted by Gasteiger charge is 2.16. The van der Waals surface area contributed by atoms with Crippen molar-refractivity contribution >= 4 is 11.6 Å². The van der Waals surface area contributed by atoms with Crippen molar-refractivity contribution in [3.63, 3.8) is 0 Å². The maximum atomic E-state index is 6.14. The third-order valence-corrected chi connectivity index (χ3v) is 3.80. The van der Waals surface area contributed by atoms with E-state index in [4.69, 9.17) is 11.6 Å². The molecule has 1 N–H and O–H groups in total. The van der Waals surface area contributed by atoms with Gasteiger partial charge in [0.25, 0.3) is 0 Å². The standard InChI is InChI=1S/C16H23ClN4/c1-3-8-18-11-14(13-6-5-7-15(17)9-13)10-16-19-12-20-21(16)4-2/h5-7,9,12,14,18H,3-4,8,10-11H2,1-2H3. The summed E-state index contributed by atoms with van der Waals surface area (Å²) in [6, 6.07) is 8.11. The highest BCUT2D eigenvalue weighted by molar-refractivity contribution is 6.30. The van der Waals surface area contributed by atoms with Gasteiger partial charge in [-0.15, -0.1) is 0 Å². The van der Waals surface area contributed by atoms with Gasteiger partial charge in [0.05, 0.1) is 0 Å². The van der Waals surface area contributed by atoms with Crippen LogP contribution in [-0.4, -0.2) is 27.9 Å². The molecule has 1 heterocycles. The molecule has 0 aliphatic heterocycles. The van der Waals surface area contributed by atoms with E-state index in [1.165, 1.54) is 5.56 Å². The molecule has 0 spiro atoms. The summed E-state index contributed by atoms with van der Waals surface area (Å²) in [5, 5.41) is 8.54. The molecule has 1 aromatic carbocycles. The van der Waals surface area contributed by atoms with Crippen LogP contribution in [0.5, 0.6) is 0 Å². The molecule has 0 saturated carbocycles. The number of hydrogen-bond donors (Lipinski definition) is 1. The normalized spacial score (nSPS) is 12.5. The first-order valence-corrected chi connectivity index (χ1v) is 7.95. The number of aromatic nitrogens is 3. The molecule has 2 rings (SSSR count). The molecule has 0 fully saturated rings. The number of rotatable bonds is 8. The van der Waals surface area contributed by atoms with E-state index in [0.29, 0.717) is 5.92 Å². The molecule has 0 aliphatic carbocycles. The van der Waals surface area contributed by atoms with Crippen LogP contribution in [0.15, 0.2) is 30.6 Å². The molecule has 5 heteroatoms. The number of halogens is 1. The number of nitrogens with zero attached hydrogens (tertiary/aromatic N) is 3. The molecule has 2 aromatic rings. The molecule has 0 amide bonds. The summed E-state index contributed by atoms with van der Waals surface area (Å²) in [4.78, 5) is 4.39. The zero-order chi connectivity index (χ0) is 15.1. The van der Waals surface area contributed by atoms with Crippen molar-refractivity contribution in [3.8, 4) is 0 Å². The van der Waals surface area contributed by atoms with Gasteiger partial charge in [0.2, 0.25) is 0 Å². The lowest BCUT2D eigenvalue weighted by atomic mass is 9.95. The van der Waals surface area contributed by atoms with E-state index < -0.39 is 0 Å². The van der Waals surface area contributed by atoms with Gasteiger partial charge in [-0.1, -0.05) is 30.7 Å². The minimum absolute atomic E-state index is 0.352. The fourth-order valence-electron chi connectivity index (χ4n) is 2.45. The summed E-state index contributed by atoms with van der Waals surface area (Å²) in [6.45, 7) is 7.05. The predicted octanol–water partition coefficient (Wildman–Crippen LogP) is 3.28. The first-order chi connectivity index (χ1) is 10.2. The maximum Gasteiger partial charge on any atom is 0.138 e. The molecule has 1 atom stereocenters. The summed E-state index contributed by atoms with van der Waals surface area (Å²) < 4.78 is 1.96. The van der Waals surface area contributed by atoms with Gasteiger partial charge in [0, 0.05) is 30.5 Å². The van der Waals surface area contributed by atoms with Crippen LogP contribution in [0, 0.1) is 0 Å². The van der Waals surface area contributed by atoms with Gasteiger partial charge in [-0.3, -0.25) is 4.68 Å². The summed E-state index contributed by atoms with van der Waals surface area (Å²) in [6.07, 6.45) is 3.63. The number of benzene rings is 1. The van der Waals surface area contributed by atoms with Gasteiger partial charge in [-0.25, -0.2) is 4.98 Å². The van der Waals surface area contributed by atoms with E-state index in [1.54, 1.807) is 6.33 Å². The van der Waals surface area contributed by atoms with E-state index in [-0.39, 0.29) is 0 Å². The lowest BCUT2D eigenvalue weighted by Gasteiger charge is -2.18. The van der Waals surface area contributed by atoms with Crippen molar-refractivity contribution in [1.29, 1.82) is 0 Å². The average molecular weight is 307 g/mol. The fourth-order valence-corrected chi connectivity index (χ4v) is 2.65. The quantitative estimate of drug-likeness (QED) is 0.761. The van der Waals surface area contributed by atoms with Crippen LogP contribution in [0.3, 0.4) is 0 Å². The zero-order valence-corrected chi connectivity index (χ0v) is 13.5. The number of nitrogens with one attached hydrogen (secondary N) is 1. The highest BCUT2D eigenvalue weighted by Crippen LogP contribution is 2.22. The second-order valence-electron chi connectivity index (χ2n) is 5.15. The van der Waals surface area contributed by atoms with Crippen LogP contribution in [0.1, 0.15) is 37.6 Å². The molecule has 0 saturated heterocycles. The highest BCUT2D eigenvalue weighted by atomic mass is 35.5. The SMILES string of the molecule is CCCNCC(Cc1ncnn1CC)c1cccc(Cl)c1. The Labute approximate surface area is 131 Å². The van der Waals surface area contributed by atoms with Gasteiger partial charge < -0.3 is 5.32 Å². The molecule has 1 unspecified atom stereocenters. The summed E-state index contributed by atoms with van der Waals surface area (Å²) in [7, 11) is 0. The second-order valence-corrected chi connectivity index (χ2v) is 5.59. The van der Waals surface area contributed by atoms with Gasteiger partial charge in [-0.05, 0) is 37.6 Å². The Hall–Kier alpha value is -1.39. The monoisotopic (exact) mass is 306 g/mol. The van der Waals surface area contributed by atoms with Crippen LogP contribution in [-0.2, 0) is 13.0 Å². The van der Waals surface area contributed by atoms with Crippen LogP contribution < -0.4 is 5.32 Å². The zero-order valence-electron chi connectivity index (χ0n) is 12.7. The van der Waals surface area contributed by atoms with Crippen molar-refractivity contribution < 1.29 is 0 Å². The topological polar surface area (TPSA) is 42.7 Å². The Kier molecular flexibility index (Phi) is 6.21. The smallest absolute Gasteiger partial charge is 0.138 e. The molecule has 4 nitrogen and oxygen atoms in total. The van der Waals surface area contributed by atoms with Crippen LogP contribution in [0.25, 0.3) is 0 Å². The van der Waals surface area contributed by atoms with Crippen molar-refractivity contribution in [2.75, 3.05) is 13.1 Å². The third-order valence-electron chi connectivity index (χ3n) is 3.56. The van der Waals surface area contributed by atoms with Crippen LogP contribution in [0.2, 0.25) is 5.02 Å². The maximum absolute atomic E-state index is 6.14. The lowest BCUT2D eigenvalue weighted by molar-refractivity contribution is 0.536. The van der Waals surface area contributed by atoms with E-state index in [1.807, 2.05) is 22.9 Å². The third kappa shape index (κ3) is 4.55. The molecular formula is C16H23ClN4. The van der Waals surface area contributed by atoms with Gasteiger partial charge >= 0.3 is 0 Å². The van der Waals surface area contributed by atoms with E-state index >= 15 is 0 Å². The van der Waals surface area contributed by atoms with Gasteiger partial charge in [-0.2, -0.15) is 5.10 Å². The van der Waals surface area contributed by atoms with Crippen LogP contribution in [0.4, 0.5) is 0 Å². The minimum Gasteiger partial charge on any atom is -0.316 e. The lowest BCUT2D eigenvalue weighted by Crippen LogP contribution is -2.24. The largest absolute Gasteiger partial charge is 0.316 e. The van der Waals surface area contributed by atoms with E-state index in [9.17, 15) is 0 Å². The Morgan fingerprint density at radius 1 is 1.33 bits per heavy atom. The molecule has 21 heavy (non-hydrogen) atoms. The summed E-state index contributed by atoms with van der Waals surface area (Å²) in [5.41, 5.74) is 1.25. The Balaban J connectivity index is 2.15. The first-order valence-electron chi connectivity index (χ1n) is 7.57. The number of hydrogen-bond acceptors (Lipinski definition) is 3. The van der Waals surface area contributed by atoms with Gasteiger partial charge in [0.15, 0.2) is 0 Å². The summed E-state index contributed by atoms with van der Waals surface area (Å²) in [5.74, 6) is 1.38. The van der Waals surface area contributed by atoms with Crippen molar-refractivity contribution in [2.24, 2.45) is 0 Å². The molecule has 114 valence electrons. The van der Waals surface area contributed by atoms with Crippen LogP contribution >= 0.6 is 11.6 Å². The fraction of sp³-hybridized carbons (Fsp3) is 0.500. The molecular weight excluding hydrogens is 284 g/mol. The molecule has 1 aromatic heterocycles. The summed E-state index contributed by atoms with van der Waals surface area (Å²) >= 11 is 6.14.